The van der Waals surface area contributed by atoms with E-state index < -0.39 is 26.5 Å². The van der Waals surface area contributed by atoms with Crippen LogP contribution in [0.25, 0.3) is 0 Å². The van der Waals surface area contributed by atoms with Gasteiger partial charge >= 0.3 is 19.8 Å². The summed E-state index contributed by atoms with van der Waals surface area (Å²) in [5.41, 5.74) is 0. The normalized spacial score (nSPS) is 13.5. The lowest BCUT2D eigenvalue weighted by Crippen LogP contribution is -2.37. The first kappa shape index (κ1) is 67.2. The molecular weight excluding hydrogens is 882 g/mol. The van der Waals surface area contributed by atoms with Crippen molar-refractivity contribution >= 4 is 19.8 Å². The molecule has 0 aliphatic carbocycles. The van der Waals surface area contributed by atoms with E-state index in [1.54, 1.807) is 0 Å². The smallest absolute Gasteiger partial charge is 0.462 e. The lowest BCUT2D eigenvalue weighted by Gasteiger charge is -2.24. The minimum Gasteiger partial charge on any atom is -0.462 e. The van der Waals surface area contributed by atoms with E-state index in [0.29, 0.717) is 23.9 Å². The molecule has 0 aliphatic heterocycles. The van der Waals surface area contributed by atoms with Gasteiger partial charge in [0.2, 0.25) is 0 Å². The first-order valence-corrected chi connectivity index (χ1v) is 30.7. The van der Waals surface area contributed by atoms with Gasteiger partial charge in [-0.15, -0.1) is 0 Å². The highest BCUT2D eigenvalue weighted by Gasteiger charge is 2.27. The highest BCUT2D eigenvalue weighted by atomic mass is 31.2. The number of ether oxygens (including phenoxy) is 2. The second kappa shape index (κ2) is 51.1. The van der Waals surface area contributed by atoms with Crippen molar-refractivity contribution in [1.82, 2.24) is 0 Å². The number of nitrogens with zero attached hydrogens (tertiary/aromatic N) is 1. The third-order valence-electron chi connectivity index (χ3n) is 12.9. The average Bonchev–Trinajstić information content (AvgIpc) is 3.31. The second-order valence-corrected chi connectivity index (χ2v) is 22.5. The van der Waals surface area contributed by atoms with Crippen LogP contribution in [0, 0.1) is 0 Å². The van der Waals surface area contributed by atoms with Crippen LogP contribution >= 0.6 is 7.82 Å². The summed E-state index contributed by atoms with van der Waals surface area (Å²) in [6.45, 7) is 4.46. The van der Waals surface area contributed by atoms with Gasteiger partial charge in [0.05, 0.1) is 27.7 Å². The molecule has 0 fully saturated rings. The number of rotatable bonds is 54. The van der Waals surface area contributed by atoms with Crippen molar-refractivity contribution in [3.63, 3.8) is 0 Å². The van der Waals surface area contributed by atoms with Crippen molar-refractivity contribution in [1.29, 1.82) is 0 Å². The number of quaternary nitrogens is 1. The standard InChI is InChI=1S/C59H112NO8P/c1-6-8-10-12-14-16-18-20-22-24-26-28-29-30-31-32-34-36-38-40-42-44-46-48-50-52-59(62)68-57(56-67-69(63,64)66-54-53-60(3,4)5)55-65-58(61)51-49-47-45-43-41-39-37-35-33-27-25-23-21-19-17-15-13-11-9-7-2/h18,20,24,26,29-30,57H,6-17,19,21-23,25,27-28,31-56H2,1-5H3/p+1/b20-18-,26-24-,30-29-. The molecule has 9 nitrogen and oxygen atoms in total. The van der Waals surface area contributed by atoms with Gasteiger partial charge in [0.25, 0.3) is 0 Å². The van der Waals surface area contributed by atoms with E-state index in [1.807, 2.05) is 21.1 Å². The van der Waals surface area contributed by atoms with Gasteiger partial charge in [-0.2, -0.15) is 0 Å². The fourth-order valence-electron chi connectivity index (χ4n) is 8.38. The summed E-state index contributed by atoms with van der Waals surface area (Å²) in [4.78, 5) is 35.7. The number of esters is 2. The Morgan fingerprint density at radius 2 is 0.783 bits per heavy atom. The van der Waals surface area contributed by atoms with E-state index in [2.05, 4.69) is 50.3 Å². The number of likely N-dealkylation sites (N-methyl/N-ethyl adjacent to an activating group) is 1. The number of allylic oxidation sites excluding steroid dienone is 6. The Bertz CT molecular complexity index is 1260. The Morgan fingerprint density at radius 1 is 0.449 bits per heavy atom. The highest BCUT2D eigenvalue weighted by molar-refractivity contribution is 7.47. The molecule has 69 heavy (non-hydrogen) atoms. The molecule has 0 aromatic heterocycles. The predicted molar refractivity (Wildman–Crippen MR) is 294 cm³/mol. The van der Waals surface area contributed by atoms with Crippen LogP contribution in [-0.4, -0.2) is 74.9 Å². The Balaban J connectivity index is 4.16. The Hall–Kier alpha value is -1.77. The van der Waals surface area contributed by atoms with Crippen LogP contribution in [0.1, 0.15) is 277 Å². The number of hydrogen-bond acceptors (Lipinski definition) is 7. The predicted octanol–water partition coefficient (Wildman–Crippen LogP) is 18.0. The quantitative estimate of drug-likeness (QED) is 0.0211. The number of phosphoric ester groups is 1. The first-order valence-electron chi connectivity index (χ1n) is 29.2. The van der Waals surface area contributed by atoms with Gasteiger partial charge in [0.15, 0.2) is 6.10 Å². The fourth-order valence-corrected chi connectivity index (χ4v) is 9.12. The number of unbranched alkanes of at least 4 members (excludes halogenated alkanes) is 34. The summed E-state index contributed by atoms with van der Waals surface area (Å²) in [6.07, 6.45) is 62.0. The molecule has 1 N–H and O–H groups in total. The summed E-state index contributed by atoms with van der Waals surface area (Å²) >= 11 is 0. The number of phosphoric acid groups is 1. The van der Waals surface area contributed by atoms with Gasteiger partial charge in [0, 0.05) is 12.8 Å². The van der Waals surface area contributed by atoms with Gasteiger partial charge in [-0.25, -0.2) is 4.57 Å². The molecular formula is C59H113NO8P+. The molecule has 2 unspecified atom stereocenters. The molecule has 0 rings (SSSR count). The monoisotopic (exact) mass is 995 g/mol. The Morgan fingerprint density at radius 3 is 1.16 bits per heavy atom. The largest absolute Gasteiger partial charge is 0.472 e. The number of hydrogen-bond donors (Lipinski definition) is 1. The first-order chi connectivity index (χ1) is 33.5. The molecule has 0 aromatic carbocycles. The lowest BCUT2D eigenvalue weighted by atomic mass is 10.0. The molecule has 0 amide bonds. The Labute approximate surface area is 427 Å². The van der Waals surface area contributed by atoms with Crippen LogP contribution in [-0.2, 0) is 32.7 Å². The SMILES string of the molecule is CCCCCCC/C=C\C/C=C\C/C=C\CCCCCCCCCCCCC(=O)OC(COC(=O)CCCCCCCCCCCCCCCCCCCCCC)COP(=O)(O)OCC[N+](C)(C)C. The summed E-state index contributed by atoms with van der Waals surface area (Å²) in [5.74, 6) is -0.788. The van der Waals surface area contributed by atoms with E-state index in [9.17, 15) is 19.0 Å². The molecule has 0 spiro atoms. The van der Waals surface area contributed by atoms with Crippen LogP contribution in [0.15, 0.2) is 36.5 Å². The number of carbonyl (C=O) groups is 2. The van der Waals surface area contributed by atoms with Gasteiger partial charge in [-0.05, 0) is 51.4 Å². The van der Waals surface area contributed by atoms with Gasteiger partial charge in [-0.3, -0.25) is 18.6 Å². The molecule has 0 saturated heterocycles. The van der Waals surface area contributed by atoms with Crippen LogP contribution in [0.2, 0.25) is 0 Å². The molecule has 0 heterocycles. The minimum atomic E-state index is -4.38. The molecule has 0 aromatic rings. The summed E-state index contributed by atoms with van der Waals surface area (Å²) in [6, 6.07) is 0. The highest BCUT2D eigenvalue weighted by Crippen LogP contribution is 2.43. The maximum absolute atomic E-state index is 12.8. The zero-order chi connectivity index (χ0) is 50.6. The zero-order valence-electron chi connectivity index (χ0n) is 46.1. The molecule has 406 valence electrons. The van der Waals surface area contributed by atoms with Gasteiger partial charge in [-0.1, -0.05) is 249 Å². The maximum Gasteiger partial charge on any atom is 0.472 e. The van der Waals surface area contributed by atoms with Crippen molar-refractivity contribution in [3.05, 3.63) is 36.5 Å². The third-order valence-corrected chi connectivity index (χ3v) is 13.9. The molecule has 0 saturated carbocycles. The van der Waals surface area contributed by atoms with E-state index in [4.69, 9.17) is 18.5 Å². The number of carbonyl (C=O) groups excluding carboxylic acids is 2. The van der Waals surface area contributed by atoms with E-state index in [-0.39, 0.29) is 25.6 Å². The maximum atomic E-state index is 12.8. The van der Waals surface area contributed by atoms with Crippen molar-refractivity contribution in [2.24, 2.45) is 0 Å². The van der Waals surface area contributed by atoms with E-state index >= 15 is 0 Å². The average molecular weight is 996 g/mol. The second-order valence-electron chi connectivity index (χ2n) is 21.0. The van der Waals surface area contributed by atoms with Crippen molar-refractivity contribution in [3.8, 4) is 0 Å². The van der Waals surface area contributed by atoms with Gasteiger partial charge in [0.1, 0.15) is 19.8 Å². The van der Waals surface area contributed by atoms with E-state index in [1.165, 1.54) is 193 Å². The summed E-state index contributed by atoms with van der Waals surface area (Å²) < 4.78 is 34.6. The van der Waals surface area contributed by atoms with Crippen molar-refractivity contribution < 1.29 is 42.1 Å². The van der Waals surface area contributed by atoms with Crippen LogP contribution in [0.3, 0.4) is 0 Å². The zero-order valence-corrected chi connectivity index (χ0v) is 47.0. The lowest BCUT2D eigenvalue weighted by molar-refractivity contribution is -0.870. The van der Waals surface area contributed by atoms with Crippen molar-refractivity contribution in [2.75, 3.05) is 47.5 Å². The van der Waals surface area contributed by atoms with E-state index in [0.717, 1.165) is 51.4 Å². The fraction of sp³-hybridized carbons (Fsp3) is 0.864. The molecule has 0 radical (unpaired) electrons. The van der Waals surface area contributed by atoms with Crippen molar-refractivity contribution in [2.45, 2.75) is 283 Å². The topological polar surface area (TPSA) is 108 Å². The van der Waals surface area contributed by atoms with Crippen LogP contribution in [0.4, 0.5) is 0 Å². The molecule has 10 heteroatoms. The van der Waals surface area contributed by atoms with Crippen LogP contribution < -0.4 is 0 Å². The Kier molecular flexibility index (Phi) is 49.8. The molecule has 0 aliphatic rings. The molecule has 2 atom stereocenters. The third kappa shape index (κ3) is 55.4. The summed E-state index contributed by atoms with van der Waals surface area (Å²) in [5, 5.41) is 0. The minimum absolute atomic E-state index is 0.0323. The molecule has 0 bridgehead atoms. The van der Waals surface area contributed by atoms with Gasteiger partial charge < -0.3 is 18.9 Å². The van der Waals surface area contributed by atoms with Crippen LogP contribution in [0.5, 0.6) is 0 Å². The summed E-state index contributed by atoms with van der Waals surface area (Å²) in [7, 11) is 1.48.